The van der Waals surface area contributed by atoms with E-state index in [4.69, 9.17) is 24.7 Å². The van der Waals surface area contributed by atoms with Crippen molar-refractivity contribution in [3.8, 4) is 11.9 Å². The Morgan fingerprint density at radius 3 is 2.74 bits per heavy atom. The van der Waals surface area contributed by atoms with Crippen LogP contribution in [0.15, 0.2) is 36.4 Å². The van der Waals surface area contributed by atoms with Gasteiger partial charge in [0.2, 0.25) is 5.88 Å². The molecule has 9 nitrogen and oxygen atoms in total. The fourth-order valence-corrected chi connectivity index (χ4v) is 5.85. The second-order valence-electron chi connectivity index (χ2n) is 9.88. The van der Waals surface area contributed by atoms with Gasteiger partial charge in [-0.25, -0.2) is 19.3 Å². The van der Waals surface area contributed by atoms with Gasteiger partial charge in [0, 0.05) is 29.8 Å². The van der Waals surface area contributed by atoms with Gasteiger partial charge in [-0.3, -0.25) is 9.69 Å². The third-order valence-corrected chi connectivity index (χ3v) is 8.22. The molecule has 1 aromatic carbocycles. The number of piperidine rings is 1. The van der Waals surface area contributed by atoms with Crippen molar-refractivity contribution in [2.75, 3.05) is 19.7 Å². The zero-order valence-electron chi connectivity index (χ0n) is 21.3. The maximum absolute atomic E-state index is 14.2. The van der Waals surface area contributed by atoms with Gasteiger partial charge in [-0.2, -0.15) is 5.26 Å². The van der Waals surface area contributed by atoms with Gasteiger partial charge in [0.15, 0.2) is 21.8 Å². The summed E-state index contributed by atoms with van der Waals surface area (Å²) in [4.78, 5) is 28.4. The van der Waals surface area contributed by atoms with Gasteiger partial charge in [0.25, 0.3) is 0 Å². The standard InChI is InChI=1S/C28H27FN6O3S/c29-22-12-18(13-30)4-5-20(22)17-38-25-3-1-2-23(31-25)19-6-9-34(10-7-19)15-24-32-28-27(33-26(16-36)39-28)35(24)14-21-8-11-37-21/h1-5,12,16,19,21H,6-11,14-15,17H2. The lowest BCUT2D eigenvalue weighted by Gasteiger charge is -2.32. The van der Waals surface area contributed by atoms with Gasteiger partial charge in [0.1, 0.15) is 18.2 Å². The average molecular weight is 547 g/mol. The van der Waals surface area contributed by atoms with Crippen LogP contribution < -0.4 is 4.74 Å². The average Bonchev–Trinajstić information content (AvgIpc) is 3.48. The third kappa shape index (κ3) is 5.54. The van der Waals surface area contributed by atoms with Gasteiger partial charge in [-0.1, -0.05) is 23.5 Å². The van der Waals surface area contributed by atoms with Crippen molar-refractivity contribution in [2.24, 2.45) is 0 Å². The van der Waals surface area contributed by atoms with Gasteiger partial charge in [-0.15, -0.1) is 0 Å². The lowest BCUT2D eigenvalue weighted by Crippen LogP contribution is -2.35. The van der Waals surface area contributed by atoms with Crippen LogP contribution in [0.3, 0.4) is 0 Å². The highest BCUT2D eigenvalue weighted by Crippen LogP contribution is 2.30. The van der Waals surface area contributed by atoms with Crippen LogP contribution in [-0.2, 0) is 24.4 Å². The summed E-state index contributed by atoms with van der Waals surface area (Å²) < 4.78 is 27.8. The first-order valence-corrected chi connectivity index (χ1v) is 13.8. The molecule has 0 spiro atoms. The molecule has 4 aromatic rings. The molecule has 2 saturated heterocycles. The molecular weight excluding hydrogens is 519 g/mol. The first-order valence-electron chi connectivity index (χ1n) is 13.0. The van der Waals surface area contributed by atoms with Gasteiger partial charge < -0.3 is 14.0 Å². The number of likely N-dealkylation sites (tertiary alicyclic amines) is 1. The fourth-order valence-electron chi connectivity index (χ4n) is 5.07. The number of benzene rings is 1. The van der Waals surface area contributed by atoms with Crippen LogP contribution >= 0.6 is 11.3 Å². The monoisotopic (exact) mass is 546 g/mol. The van der Waals surface area contributed by atoms with E-state index in [1.165, 1.54) is 17.4 Å². The minimum absolute atomic E-state index is 0.0473. The van der Waals surface area contributed by atoms with Crippen LogP contribution in [0.2, 0.25) is 0 Å². The molecule has 0 aliphatic carbocycles. The molecule has 0 saturated carbocycles. The summed E-state index contributed by atoms with van der Waals surface area (Å²) in [7, 11) is 0. The molecule has 0 radical (unpaired) electrons. The van der Waals surface area contributed by atoms with E-state index >= 15 is 0 Å². The molecule has 1 atom stereocenters. The highest BCUT2D eigenvalue weighted by molar-refractivity contribution is 7.19. The topological polar surface area (TPSA) is 106 Å². The van der Waals surface area contributed by atoms with Crippen LogP contribution in [-0.4, -0.2) is 56.5 Å². The number of rotatable bonds is 9. The summed E-state index contributed by atoms with van der Waals surface area (Å²) in [5, 5.41) is 9.36. The minimum Gasteiger partial charge on any atom is -0.473 e. The number of carbonyl (C=O) groups is 1. The van der Waals surface area contributed by atoms with Gasteiger partial charge in [0.05, 0.1) is 30.8 Å². The van der Waals surface area contributed by atoms with Gasteiger partial charge in [-0.05, 0) is 50.6 Å². The smallest absolute Gasteiger partial charge is 0.213 e. The number of nitrogens with zero attached hydrogens (tertiary/aromatic N) is 6. The summed E-state index contributed by atoms with van der Waals surface area (Å²) >= 11 is 1.33. The number of nitriles is 1. The molecule has 0 amide bonds. The number of thiazole rings is 1. The van der Waals surface area contributed by atoms with Crippen molar-refractivity contribution in [1.29, 1.82) is 5.26 Å². The van der Waals surface area contributed by atoms with Crippen molar-refractivity contribution in [2.45, 2.75) is 51.0 Å². The quantitative estimate of drug-likeness (QED) is 0.283. The number of pyridine rings is 1. The normalized spacial score (nSPS) is 18.1. The number of fused-ring (bicyclic) bond motifs is 1. The van der Waals surface area contributed by atoms with E-state index in [-0.39, 0.29) is 18.3 Å². The Hall–Kier alpha value is -3.72. The Bertz CT molecular complexity index is 1530. The van der Waals surface area contributed by atoms with E-state index in [1.54, 1.807) is 18.2 Å². The predicted octanol–water partition coefficient (Wildman–Crippen LogP) is 4.46. The SMILES string of the molecule is N#Cc1ccc(COc2cccc(C3CCN(Cc4nc5sc(C=O)nc5n4CC4CCO4)CC3)n2)c(F)c1. The molecular formula is C28H27FN6O3S. The molecule has 2 fully saturated rings. The van der Waals surface area contributed by atoms with E-state index < -0.39 is 5.82 Å². The number of imidazole rings is 1. The number of carbonyl (C=O) groups excluding carboxylic acids is 1. The van der Waals surface area contributed by atoms with Crippen molar-refractivity contribution < 1.29 is 18.7 Å². The molecule has 11 heteroatoms. The fraction of sp³-hybridized carbons (Fsp3) is 0.393. The first kappa shape index (κ1) is 25.6. The second kappa shape index (κ2) is 11.2. The van der Waals surface area contributed by atoms with Crippen LogP contribution in [0.4, 0.5) is 4.39 Å². The predicted molar refractivity (Wildman–Crippen MR) is 142 cm³/mol. The summed E-state index contributed by atoms with van der Waals surface area (Å²) in [5.74, 6) is 1.26. The molecule has 39 heavy (non-hydrogen) atoms. The summed E-state index contributed by atoms with van der Waals surface area (Å²) in [6.07, 6.45) is 3.87. The molecule has 3 aromatic heterocycles. The first-order chi connectivity index (χ1) is 19.1. The maximum atomic E-state index is 14.2. The van der Waals surface area contributed by atoms with E-state index in [0.29, 0.717) is 35.5 Å². The molecule has 2 aliphatic rings. The number of aldehydes is 1. The van der Waals surface area contributed by atoms with Crippen molar-refractivity contribution in [3.63, 3.8) is 0 Å². The van der Waals surface area contributed by atoms with E-state index in [9.17, 15) is 9.18 Å². The lowest BCUT2D eigenvalue weighted by atomic mass is 9.93. The van der Waals surface area contributed by atoms with Gasteiger partial charge >= 0.3 is 0 Å². The van der Waals surface area contributed by atoms with E-state index in [0.717, 1.165) is 67.2 Å². The van der Waals surface area contributed by atoms with Crippen LogP contribution in [0.5, 0.6) is 5.88 Å². The molecule has 2 aliphatic heterocycles. The number of halogens is 1. The Balaban J connectivity index is 1.08. The van der Waals surface area contributed by atoms with Crippen molar-refractivity contribution >= 4 is 28.1 Å². The summed E-state index contributed by atoms with van der Waals surface area (Å²) in [5.41, 5.74) is 2.41. The third-order valence-electron chi connectivity index (χ3n) is 7.36. The van der Waals surface area contributed by atoms with Crippen LogP contribution in [0.1, 0.15) is 57.6 Å². The minimum atomic E-state index is -0.460. The highest BCUT2D eigenvalue weighted by atomic mass is 32.1. The molecule has 200 valence electrons. The summed E-state index contributed by atoms with van der Waals surface area (Å²) in [6, 6.07) is 12.0. The van der Waals surface area contributed by atoms with Crippen molar-refractivity contribution in [3.05, 3.63) is 69.9 Å². The molecule has 0 bridgehead atoms. The number of aromatic nitrogens is 4. The summed E-state index contributed by atoms with van der Waals surface area (Å²) in [6.45, 7) is 4.06. The lowest BCUT2D eigenvalue weighted by molar-refractivity contribution is -0.0592. The molecule has 0 N–H and O–H groups in total. The number of hydrogen-bond donors (Lipinski definition) is 0. The van der Waals surface area contributed by atoms with E-state index in [2.05, 4.69) is 14.5 Å². The largest absolute Gasteiger partial charge is 0.473 e. The van der Waals surface area contributed by atoms with Crippen molar-refractivity contribution in [1.82, 2.24) is 24.4 Å². The molecule has 1 unspecified atom stereocenters. The maximum Gasteiger partial charge on any atom is 0.213 e. The van der Waals surface area contributed by atoms with Crippen LogP contribution in [0.25, 0.3) is 10.5 Å². The highest BCUT2D eigenvalue weighted by Gasteiger charge is 2.27. The number of hydrogen-bond acceptors (Lipinski definition) is 9. The second-order valence-corrected chi connectivity index (χ2v) is 10.9. The van der Waals surface area contributed by atoms with E-state index in [1.807, 2.05) is 18.2 Å². The Labute approximate surface area is 228 Å². The zero-order chi connectivity index (χ0) is 26.8. The Morgan fingerprint density at radius 1 is 1.18 bits per heavy atom. The Kier molecular flexibility index (Phi) is 7.32. The molecule has 5 heterocycles. The molecule has 6 rings (SSSR count). The Morgan fingerprint density at radius 2 is 2.03 bits per heavy atom. The number of ether oxygens (including phenoxy) is 2. The zero-order valence-corrected chi connectivity index (χ0v) is 22.1. The van der Waals surface area contributed by atoms with Crippen LogP contribution in [0, 0.1) is 17.1 Å².